The standard InChI is InChI=1S/C21H25ClN4O3/c1-29-19-4-2-3-17(15-19)24-21(28)20(27)23-9-10-25-11-13-26(14-12-25)18-7-5-16(22)6-8-18/h2-8,15H,9-14H2,1H3,(H,23,27)(H,24,28). The number of ether oxygens (including phenoxy) is 1. The first-order valence-corrected chi connectivity index (χ1v) is 9.89. The number of anilines is 2. The van der Waals surface area contributed by atoms with Crippen LogP contribution >= 0.6 is 11.6 Å². The van der Waals surface area contributed by atoms with Crippen molar-refractivity contribution in [1.82, 2.24) is 10.2 Å². The zero-order valence-electron chi connectivity index (χ0n) is 16.4. The third kappa shape index (κ3) is 6.10. The summed E-state index contributed by atoms with van der Waals surface area (Å²) in [5.41, 5.74) is 1.68. The molecule has 0 radical (unpaired) electrons. The molecule has 1 fully saturated rings. The lowest BCUT2D eigenvalue weighted by Gasteiger charge is -2.36. The molecule has 0 aliphatic carbocycles. The van der Waals surface area contributed by atoms with E-state index in [1.54, 1.807) is 31.4 Å². The van der Waals surface area contributed by atoms with Gasteiger partial charge in [-0.1, -0.05) is 17.7 Å². The minimum Gasteiger partial charge on any atom is -0.497 e. The van der Waals surface area contributed by atoms with E-state index in [4.69, 9.17) is 16.3 Å². The Morgan fingerprint density at radius 1 is 1.03 bits per heavy atom. The Balaban J connectivity index is 1.37. The van der Waals surface area contributed by atoms with Gasteiger partial charge in [0.15, 0.2) is 0 Å². The van der Waals surface area contributed by atoms with Gasteiger partial charge in [-0.25, -0.2) is 0 Å². The minimum atomic E-state index is -0.689. The molecule has 1 aliphatic rings. The van der Waals surface area contributed by atoms with Gasteiger partial charge in [-0.15, -0.1) is 0 Å². The van der Waals surface area contributed by atoms with Crippen LogP contribution < -0.4 is 20.3 Å². The fourth-order valence-electron chi connectivity index (χ4n) is 3.18. The Hall–Kier alpha value is -2.77. The quantitative estimate of drug-likeness (QED) is 0.706. The Kier molecular flexibility index (Phi) is 7.32. The van der Waals surface area contributed by atoms with Gasteiger partial charge in [0.25, 0.3) is 0 Å². The molecular weight excluding hydrogens is 392 g/mol. The molecule has 0 aromatic heterocycles. The van der Waals surface area contributed by atoms with Gasteiger partial charge in [-0.2, -0.15) is 0 Å². The summed E-state index contributed by atoms with van der Waals surface area (Å²) in [6, 6.07) is 14.7. The number of hydrogen-bond acceptors (Lipinski definition) is 5. The van der Waals surface area contributed by atoms with E-state index < -0.39 is 11.8 Å². The summed E-state index contributed by atoms with van der Waals surface area (Å²) in [5.74, 6) is -0.723. The van der Waals surface area contributed by atoms with Crippen LogP contribution in [0.3, 0.4) is 0 Å². The van der Waals surface area contributed by atoms with Crippen molar-refractivity contribution in [1.29, 1.82) is 0 Å². The number of hydrogen-bond donors (Lipinski definition) is 2. The molecule has 2 amide bonds. The normalized spacial score (nSPS) is 14.3. The first-order chi connectivity index (χ1) is 14.0. The zero-order chi connectivity index (χ0) is 20.6. The van der Waals surface area contributed by atoms with Crippen LogP contribution in [0.25, 0.3) is 0 Å². The molecule has 29 heavy (non-hydrogen) atoms. The van der Waals surface area contributed by atoms with Crippen LogP contribution in [-0.4, -0.2) is 63.1 Å². The highest BCUT2D eigenvalue weighted by Crippen LogP contribution is 2.19. The van der Waals surface area contributed by atoms with Gasteiger partial charge in [0.05, 0.1) is 7.11 Å². The molecule has 1 saturated heterocycles. The second-order valence-corrected chi connectivity index (χ2v) is 7.18. The lowest BCUT2D eigenvalue weighted by Crippen LogP contribution is -2.49. The second kappa shape index (κ2) is 10.1. The summed E-state index contributed by atoms with van der Waals surface area (Å²) in [4.78, 5) is 28.6. The van der Waals surface area contributed by atoms with E-state index in [0.29, 0.717) is 24.5 Å². The molecule has 7 nitrogen and oxygen atoms in total. The molecule has 3 rings (SSSR count). The number of carbonyl (C=O) groups is 2. The van der Waals surface area contributed by atoms with Crippen molar-refractivity contribution in [2.45, 2.75) is 0 Å². The third-order valence-electron chi connectivity index (χ3n) is 4.81. The Labute approximate surface area is 175 Å². The monoisotopic (exact) mass is 416 g/mol. The Morgan fingerprint density at radius 3 is 2.45 bits per heavy atom. The fraction of sp³-hybridized carbons (Fsp3) is 0.333. The molecule has 0 unspecified atom stereocenters. The molecule has 154 valence electrons. The van der Waals surface area contributed by atoms with E-state index in [0.717, 1.165) is 36.9 Å². The number of halogens is 1. The Morgan fingerprint density at radius 2 is 1.76 bits per heavy atom. The maximum atomic E-state index is 12.0. The summed E-state index contributed by atoms with van der Waals surface area (Å²) < 4.78 is 5.10. The highest BCUT2D eigenvalue weighted by Gasteiger charge is 2.18. The second-order valence-electron chi connectivity index (χ2n) is 6.75. The minimum absolute atomic E-state index is 0.422. The van der Waals surface area contributed by atoms with Gasteiger partial charge in [-0.3, -0.25) is 14.5 Å². The van der Waals surface area contributed by atoms with Crippen LogP contribution in [0, 0.1) is 0 Å². The number of rotatable bonds is 6. The average Bonchev–Trinajstić information content (AvgIpc) is 2.75. The smallest absolute Gasteiger partial charge is 0.313 e. The number of amides is 2. The molecule has 1 heterocycles. The van der Waals surface area contributed by atoms with Crippen LogP contribution in [0.2, 0.25) is 5.02 Å². The molecule has 0 atom stereocenters. The Bertz CT molecular complexity index is 836. The van der Waals surface area contributed by atoms with Gasteiger partial charge < -0.3 is 20.3 Å². The number of nitrogens with zero attached hydrogens (tertiary/aromatic N) is 2. The largest absolute Gasteiger partial charge is 0.497 e. The number of nitrogens with one attached hydrogen (secondary N) is 2. The maximum Gasteiger partial charge on any atom is 0.313 e. The molecule has 0 bridgehead atoms. The average molecular weight is 417 g/mol. The molecule has 0 saturated carbocycles. The van der Waals surface area contributed by atoms with Gasteiger partial charge in [0, 0.05) is 61.7 Å². The van der Waals surface area contributed by atoms with Crippen molar-refractivity contribution in [2.75, 3.05) is 56.6 Å². The predicted molar refractivity (Wildman–Crippen MR) is 115 cm³/mol. The number of piperazine rings is 1. The SMILES string of the molecule is COc1cccc(NC(=O)C(=O)NCCN2CCN(c3ccc(Cl)cc3)CC2)c1. The molecule has 1 aliphatic heterocycles. The molecule has 0 spiro atoms. The van der Waals surface area contributed by atoms with E-state index in [1.807, 2.05) is 24.3 Å². The fourth-order valence-corrected chi connectivity index (χ4v) is 3.30. The number of benzene rings is 2. The van der Waals surface area contributed by atoms with Crippen LogP contribution in [0.15, 0.2) is 48.5 Å². The summed E-state index contributed by atoms with van der Waals surface area (Å²) in [6.07, 6.45) is 0. The molecule has 2 aromatic rings. The lowest BCUT2D eigenvalue weighted by atomic mass is 10.2. The van der Waals surface area contributed by atoms with E-state index in [2.05, 4.69) is 20.4 Å². The van der Waals surface area contributed by atoms with E-state index in [9.17, 15) is 9.59 Å². The zero-order valence-corrected chi connectivity index (χ0v) is 17.1. The van der Waals surface area contributed by atoms with Crippen molar-refractivity contribution in [3.8, 4) is 5.75 Å². The van der Waals surface area contributed by atoms with E-state index >= 15 is 0 Å². The molecule has 8 heteroatoms. The number of carbonyl (C=O) groups excluding carboxylic acids is 2. The lowest BCUT2D eigenvalue weighted by molar-refractivity contribution is -0.136. The van der Waals surface area contributed by atoms with E-state index in [1.165, 1.54) is 0 Å². The van der Waals surface area contributed by atoms with Gasteiger partial charge >= 0.3 is 11.8 Å². The van der Waals surface area contributed by atoms with E-state index in [-0.39, 0.29) is 0 Å². The summed E-state index contributed by atoms with van der Waals surface area (Å²) in [6.45, 7) is 4.73. The molecule has 2 N–H and O–H groups in total. The molecular formula is C21H25ClN4O3. The summed E-state index contributed by atoms with van der Waals surface area (Å²) in [5, 5.41) is 5.98. The first-order valence-electron chi connectivity index (χ1n) is 9.51. The highest BCUT2D eigenvalue weighted by molar-refractivity contribution is 6.39. The van der Waals surface area contributed by atoms with Crippen molar-refractivity contribution in [3.63, 3.8) is 0 Å². The van der Waals surface area contributed by atoms with Crippen LogP contribution in [0.4, 0.5) is 11.4 Å². The predicted octanol–water partition coefficient (Wildman–Crippen LogP) is 2.23. The van der Waals surface area contributed by atoms with Crippen molar-refractivity contribution < 1.29 is 14.3 Å². The number of methoxy groups -OCH3 is 1. The van der Waals surface area contributed by atoms with Crippen molar-refractivity contribution in [3.05, 3.63) is 53.6 Å². The van der Waals surface area contributed by atoms with Crippen LogP contribution in [0.5, 0.6) is 5.75 Å². The highest BCUT2D eigenvalue weighted by atomic mass is 35.5. The van der Waals surface area contributed by atoms with Gasteiger partial charge in [0.1, 0.15) is 5.75 Å². The molecule has 2 aromatic carbocycles. The van der Waals surface area contributed by atoms with Crippen molar-refractivity contribution >= 4 is 34.8 Å². The maximum absolute atomic E-state index is 12.0. The van der Waals surface area contributed by atoms with Crippen molar-refractivity contribution in [2.24, 2.45) is 0 Å². The first kappa shape index (κ1) is 21.0. The van der Waals surface area contributed by atoms with Crippen LogP contribution in [-0.2, 0) is 9.59 Å². The summed E-state index contributed by atoms with van der Waals surface area (Å²) >= 11 is 5.94. The summed E-state index contributed by atoms with van der Waals surface area (Å²) in [7, 11) is 1.54. The topological polar surface area (TPSA) is 73.9 Å². The van der Waals surface area contributed by atoms with Gasteiger partial charge in [0.2, 0.25) is 0 Å². The third-order valence-corrected chi connectivity index (χ3v) is 5.06. The van der Waals surface area contributed by atoms with Crippen LogP contribution in [0.1, 0.15) is 0 Å². The van der Waals surface area contributed by atoms with Gasteiger partial charge in [-0.05, 0) is 36.4 Å².